The van der Waals surface area contributed by atoms with Gasteiger partial charge < -0.3 is 10.4 Å². The molecule has 0 radical (unpaired) electrons. The largest absolute Gasteiger partial charge is 0.391 e. The molecule has 2 aliphatic rings. The number of carbonyl (C=O) groups excluding carboxylic acids is 1. The van der Waals surface area contributed by atoms with Gasteiger partial charge in [-0.25, -0.2) is 0 Å². The summed E-state index contributed by atoms with van der Waals surface area (Å²) in [7, 11) is 0. The third kappa shape index (κ3) is 2.82. The van der Waals surface area contributed by atoms with E-state index in [4.69, 9.17) is 11.6 Å². The maximum Gasteiger partial charge on any atom is 0.230 e. The normalized spacial score (nSPS) is 27.7. The number of benzene rings is 1. The molecule has 0 aromatic heterocycles. The summed E-state index contributed by atoms with van der Waals surface area (Å²) >= 11 is 5.94. The van der Waals surface area contributed by atoms with Gasteiger partial charge in [-0.1, -0.05) is 43.0 Å². The van der Waals surface area contributed by atoms with E-state index >= 15 is 0 Å². The van der Waals surface area contributed by atoms with E-state index in [1.807, 2.05) is 24.3 Å². The van der Waals surface area contributed by atoms with Crippen LogP contribution in [-0.4, -0.2) is 23.2 Å². The van der Waals surface area contributed by atoms with Crippen molar-refractivity contribution in [2.75, 3.05) is 0 Å². The number of rotatable bonds is 3. The summed E-state index contributed by atoms with van der Waals surface area (Å²) in [6.45, 7) is 0. The second kappa shape index (κ2) is 5.98. The summed E-state index contributed by atoms with van der Waals surface area (Å²) in [6, 6.07) is 7.52. The number of nitrogens with one attached hydrogen (secondary N) is 1. The molecule has 2 saturated carbocycles. The molecule has 2 aliphatic carbocycles. The third-order valence-corrected chi connectivity index (χ3v) is 5.34. The average molecular weight is 308 g/mol. The van der Waals surface area contributed by atoms with Crippen LogP contribution in [0.2, 0.25) is 5.02 Å². The molecule has 0 bridgehead atoms. The number of aliphatic hydroxyl groups excluding tert-OH is 1. The lowest BCUT2D eigenvalue weighted by atomic mass is 9.63. The zero-order chi connectivity index (χ0) is 14.9. The summed E-state index contributed by atoms with van der Waals surface area (Å²) in [4.78, 5) is 12.8. The standard InChI is InChI=1S/C17H22ClNO2/c18-13-8-6-12(7-9-13)17(10-3-11-17)16(21)19-14-4-1-2-5-15(14)20/h6-9,14-15,20H,1-5,10-11H2,(H,19,21). The summed E-state index contributed by atoms with van der Waals surface area (Å²) in [6.07, 6.45) is 6.23. The van der Waals surface area contributed by atoms with Crippen LogP contribution in [0.25, 0.3) is 0 Å². The van der Waals surface area contributed by atoms with E-state index in [2.05, 4.69) is 5.32 Å². The van der Waals surface area contributed by atoms with Gasteiger partial charge in [-0.05, 0) is 43.4 Å². The fourth-order valence-corrected chi connectivity index (χ4v) is 3.66. The lowest BCUT2D eigenvalue weighted by Gasteiger charge is -2.42. The first-order chi connectivity index (χ1) is 10.1. The summed E-state index contributed by atoms with van der Waals surface area (Å²) < 4.78 is 0. The molecular weight excluding hydrogens is 286 g/mol. The Labute approximate surface area is 130 Å². The van der Waals surface area contributed by atoms with Crippen LogP contribution < -0.4 is 5.32 Å². The minimum absolute atomic E-state index is 0.0713. The molecule has 114 valence electrons. The Morgan fingerprint density at radius 1 is 1.14 bits per heavy atom. The quantitative estimate of drug-likeness (QED) is 0.901. The Bertz CT molecular complexity index is 510. The molecule has 1 aromatic rings. The molecular formula is C17H22ClNO2. The molecule has 4 heteroatoms. The number of hydrogen-bond donors (Lipinski definition) is 2. The molecule has 1 aromatic carbocycles. The van der Waals surface area contributed by atoms with Gasteiger partial charge in [-0.3, -0.25) is 4.79 Å². The van der Waals surface area contributed by atoms with Crippen LogP contribution in [0.3, 0.4) is 0 Å². The monoisotopic (exact) mass is 307 g/mol. The highest BCUT2D eigenvalue weighted by Gasteiger charge is 2.46. The molecule has 2 fully saturated rings. The Balaban J connectivity index is 1.76. The average Bonchev–Trinajstić information content (AvgIpc) is 2.42. The van der Waals surface area contributed by atoms with Gasteiger partial charge >= 0.3 is 0 Å². The SMILES string of the molecule is O=C(NC1CCCCC1O)C1(c2ccc(Cl)cc2)CCC1. The first-order valence-electron chi connectivity index (χ1n) is 7.87. The molecule has 21 heavy (non-hydrogen) atoms. The Hall–Kier alpha value is -1.06. The van der Waals surface area contributed by atoms with Crippen LogP contribution in [0.1, 0.15) is 50.5 Å². The van der Waals surface area contributed by atoms with E-state index in [1.165, 1.54) is 0 Å². The summed E-state index contributed by atoms with van der Waals surface area (Å²) in [5.74, 6) is 0.0713. The van der Waals surface area contributed by atoms with Gasteiger partial charge in [0.1, 0.15) is 0 Å². The van der Waals surface area contributed by atoms with Crippen LogP contribution in [-0.2, 0) is 10.2 Å². The lowest BCUT2D eigenvalue weighted by molar-refractivity contribution is -0.132. The van der Waals surface area contributed by atoms with E-state index in [0.29, 0.717) is 5.02 Å². The zero-order valence-electron chi connectivity index (χ0n) is 12.1. The lowest BCUT2D eigenvalue weighted by Crippen LogP contribution is -2.55. The van der Waals surface area contributed by atoms with Crippen molar-refractivity contribution in [3.05, 3.63) is 34.9 Å². The van der Waals surface area contributed by atoms with E-state index in [9.17, 15) is 9.90 Å². The molecule has 0 heterocycles. The van der Waals surface area contributed by atoms with E-state index in [-0.39, 0.29) is 11.9 Å². The highest BCUT2D eigenvalue weighted by Crippen LogP contribution is 2.44. The van der Waals surface area contributed by atoms with Crippen molar-refractivity contribution in [3.8, 4) is 0 Å². The minimum atomic E-state index is -0.415. The minimum Gasteiger partial charge on any atom is -0.391 e. The maximum absolute atomic E-state index is 12.8. The van der Waals surface area contributed by atoms with Crippen molar-refractivity contribution in [1.29, 1.82) is 0 Å². The molecule has 3 nitrogen and oxygen atoms in total. The molecule has 0 spiro atoms. The second-order valence-electron chi connectivity index (χ2n) is 6.37. The molecule has 0 saturated heterocycles. The molecule has 2 atom stereocenters. The topological polar surface area (TPSA) is 49.3 Å². The fourth-order valence-electron chi connectivity index (χ4n) is 3.53. The van der Waals surface area contributed by atoms with Crippen LogP contribution in [0.4, 0.5) is 0 Å². The number of hydrogen-bond acceptors (Lipinski definition) is 2. The van der Waals surface area contributed by atoms with Gasteiger partial charge in [-0.15, -0.1) is 0 Å². The maximum atomic E-state index is 12.8. The van der Waals surface area contributed by atoms with Gasteiger partial charge in [-0.2, -0.15) is 0 Å². The highest BCUT2D eigenvalue weighted by atomic mass is 35.5. The summed E-state index contributed by atoms with van der Waals surface area (Å²) in [5.41, 5.74) is 0.628. The first-order valence-corrected chi connectivity index (χ1v) is 8.25. The van der Waals surface area contributed by atoms with E-state index in [1.54, 1.807) is 0 Å². The van der Waals surface area contributed by atoms with Crippen LogP contribution >= 0.6 is 11.6 Å². The smallest absolute Gasteiger partial charge is 0.230 e. The molecule has 0 aliphatic heterocycles. The van der Waals surface area contributed by atoms with Crippen LogP contribution in [0, 0.1) is 0 Å². The van der Waals surface area contributed by atoms with Crippen LogP contribution in [0.5, 0.6) is 0 Å². The number of aliphatic hydroxyl groups is 1. The third-order valence-electron chi connectivity index (χ3n) is 5.08. The Morgan fingerprint density at radius 3 is 2.38 bits per heavy atom. The van der Waals surface area contributed by atoms with Crippen molar-refractivity contribution in [2.24, 2.45) is 0 Å². The van der Waals surface area contributed by atoms with Crippen molar-refractivity contribution >= 4 is 17.5 Å². The van der Waals surface area contributed by atoms with E-state index in [0.717, 1.165) is 50.5 Å². The van der Waals surface area contributed by atoms with Crippen molar-refractivity contribution < 1.29 is 9.90 Å². The van der Waals surface area contributed by atoms with Gasteiger partial charge in [0.25, 0.3) is 0 Å². The van der Waals surface area contributed by atoms with Gasteiger partial charge in [0.05, 0.1) is 17.6 Å². The molecule has 2 N–H and O–H groups in total. The fraction of sp³-hybridized carbons (Fsp3) is 0.588. The van der Waals surface area contributed by atoms with Gasteiger partial charge in [0.2, 0.25) is 5.91 Å². The number of amides is 1. The number of carbonyl (C=O) groups is 1. The van der Waals surface area contributed by atoms with Gasteiger partial charge in [0, 0.05) is 5.02 Å². The second-order valence-corrected chi connectivity index (χ2v) is 6.81. The summed E-state index contributed by atoms with van der Waals surface area (Å²) in [5, 5.41) is 13.8. The van der Waals surface area contributed by atoms with Gasteiger partial charge in [0.15, 0.2) is 0 Å². The predicted octanol–water partition coefficient (Wildman–Crippen LogP) is 3.18. The molecule has 2 unspecified atom stereocenters. The predicted molar refractivity (Wildman–Crippen MR) is 83.4 cm³/mol. The number of halogens is 1. The molecule has 1 amide bonds. The molecule has 3 rings (SSSR count). The Morgan fingerprint density at radius 2 is 1.81 bits per heavy atom. The zero-order valence-corrected chi connectivity index (χ0v) is 12.9. The van der Waals surface area contributed by atoms with Crippen molar-refractivity contribution in [2.45, 2.75) is 62.5 Å². The van der Waals surface area contributed by atoms with E-state index < -0.39 is 11.5 Å². The van der Waals surface area contributed by atoms with Crippen LogP contribution in [0.15, 0.2) is 24.3 Å². The van der Waals surface area contributed by atoms with Crippen molar-refractivity contribution in [1.82, 2.24) is 5.32 Å². The van der Waals surface area contributed by atoms with Crippen molar-refractivity contribution in [3.63, 3.8) is 0 Å². The highest BCUT2D eigenvalue weighted by molar-refractivity contribution is 6.30. The Kier molecular flexibility index (Phi) is 4.23. The first kappa shape index (κ1) is 14.9.